The number of H-pyrrole nitrogens is 1. The number of carbonyl (C=O) groups is 1. The maximum absolute atomic E-state index is 12.1. The molecule has 1 atom stereocenters. The molecule has 0 radical (unpaired) electrons. The smallest absolute Gasteiger partial charge is 0.252 e. The summed E-state index contributed by atoms with van der Waals surface area (Å²) in [4.78, 5) is 23.3. The van der Waals surface area contributed by atoms with Gasteiger partial charge in [0.2, 0.25) is 5.95 Å². The average Bonchev–Trinajstić information content (AvgIpc) is 3.07. The first-order valence-corrected chi connectivity index (χ1v) is 6.12. The van der Waals surface area contributed by atoms with Crippen LogP contribution < -0.4 is 5.32 Å². The number of carbonyl (C=O) groups excluding carboxylic acids is 1. The van der Waals surface area contributed by atoms with Gasteiger partial charge in [0, 0.05) is 12.4 Å². The molecule has 2 heterocycles. The van der Waals surface area contributed by atoms with Gasteiger partial charge in [-0.15, -0.1) is 12.4 Å². The fourth-order valence-corrected chi connectivity index (χ4v) is 1.98. The van der Waals surface area contributed by atoms with Gasteiger partial charge in [0.1, 0.15) is 6.04 Å². The van der Waals surface area contributed by atoms with Gasteiger partial charge >= 0.3 is 0 Å². The van der Waals surface area contributed by atoms with E-state index in [9.17, 15) is 9.90 Å². The van der Waals surface area contributed by atoms with Crippen LogP contribution in [0.25, 0.3) is 11.0 Å². The van der Waals surface area contributed by atoms with Crippen molar-refractivity contribution in [3.8, 4) is 0 Å². The molecular formula is C13H14ClN5O2. The number of para-hydroxylation sites is 2. The molecule has 0 aliphatic rings. The molecule has 0 saturated carbocycles. The molecule has 0 spiro atoms. The van der Waals surface area contributed by atoms with E-state index in [0.29, 0.717) is 5.95 Å². The third kappa shape index (κ3) is 3.04. The molecule has 0 saturated heterocycles. The first-order valence-electron chi connectivity index (χ1n) is 6.12. The SMILES string of the molecule is Cl.O=C(Nc1nc2ccccc2[nH]1)[C@H](CO)n1ccnc1. The number of anilines is 1. The zero-order chi connectivity index (χ0) is 13.9. The molecule has 7 nitrogen and oxygen atoms in total. The van der Waals surface area contributed by atoms with Gasteiger partial charge < -0.3 is 14.7 Å². The Kier molecular flexibility index (Phi) is 4.56. The molecular weight excluding hydrogens is 294 g/mol. The molecule has 0 fully saturated rings. The highest BCUT2D eigenvalue weighted by Gasteiger charge is 2.20. The summed E-state index contributed by atoms with van der Waals surface area (Å²) in [6.45, 7) is -0.317. The topological polar surface area (TPSA) is 95.8 Å². The maximum atomic E-state index is 12.1. The molecule has 8 heteroatoms. The van der Waals surface area contributed by atoms with Crippen LogP contribution in [0.2, 0.25) is 0 Å². The van der Waals surface area contributed by atoms with E-state index < -0.39 is 6.04 Å². The van der Waals surface area contributed by atoms with E-state index in [2.05, 4.69) is 20.3 Å². The van der Waals surface area contributed by atoms with E-state index in [0.717, 1.165) is 11.0 Å². The molecule has 21 heavy (non-hydrogen) atoms. The predicted molar refractivity (Wildman–Crippen MR) is 80.3 cm³/mol. The van der Waals surface area contributed by atoms with Gasteiger partial charge in [-0.2, -0.15) is 0 Å². The fraction of sp³-hybridized carbons (Fsp3) is 0.154. The average molecular weight is 308 g/mol. The van der Waals surface area contributed by atoms with Gasteiger partial charge in [0.15, 0.2) is 0 Å². The number of halogens is 1. The Hall–Kier alpha value is -2.38. The minimum atomic E-state index is -0.731. The van der Waals surface area contributed by atoms with Gasteiger partial charge in [-0.1, -0.05) is 12.1 Å². The zero-order valence-corrected chi connectivity index (χ0v) is 11.7. The molecule has 1 amide bonds. The molecule has 0 aliphatic heterocycles. The predicted octanol–water partition coefficient (Wildman–Crippen LogP) is 1.35. The van der Waals surface area contributed by atoms with Gasteiger partial charge in [-0.05, 0) is 12.1 Å². The highest BCUT2D eigenvalue weighted by atomic mass is 35.5. The van der Waals surface area contributed by atoms with Crippen molar-refractivity contribution in [2.75, 3.05) is 11.9 Å². The van der Waals surface area contributed by atoms with E-state index in [1.807, 2.05) is 24.3 Å². The third-order valence-electron chi connectivity index (χ3n) is 2.99. The number of nitrogens with one attached hydrogen (secondary N) is 2. The maximum Gasteiger partial charge on any atom is 0.252 e. The lowest BCUT2D eigenvalue weighted by atomic mass is 10.3. The first kappa shape index (κ1) is 15.0. The minimum absolute atomic E-state index is 0. The number of aliphatic hydroxyl groups excluding tert-OH is 1. The molecule has 0 aliphatic carbocycles. The number of rotatable bonds is 4. The van der Waals surface area contributed by atoms with E-state index >= 15 is 0 Å². The van der Waals surface area contributed by atoms with Crippen LogP contribution in [0.15, 0.2) is 43.0 Å². The number of benzene rings is 1. The summed E-state index contributed by atoms with van der Waals surface area (Å²) in [6, 6.07) is 6.74. The summed E-state index contributed by atoms with van der Waals surface area (Å²) in [5, 5.41) is 12.0. The Bertz CT molecular complexity index is 692. The van der Waals surface area contributed by atoms with E-state index in [-0.39, 0.29) is 24.9 Å². The molecule has 3 rings (SSSR count). The van der Waals surface area contributed by atoms with Crippen LogP contribution in [0.3, 0.4) is 0 Å². The largest absolute Gasteiger partial charge is 0.394 e. The molecule has 1 aromatic carbocycles. The summed E-state index contributed by atoms with van der Waals surface area (Å²) < 4.78 is 1.54. The number of aromatic amines is 1. The number of hydrogen-bond acceptors (Lipinski definition) is 4. The second-order valence-corrected chi connectivity index (χ2v) is 4.30. The van der Waals surface area contributed by atoms with E-state index in [4.69, 9.17) is 0 Å². The lowest BCUT2D eigenvalue weighted by molar-refractivity contribution is -0.120. The Morgan fingerprint density at radius 2 is 2.24 bits per heavy atom. The quantitative estimate of drug-likeness (QED) is 0.678. The summed E-state index contributed by atoms with van der Waals surface area (Å²) >= 11 is 0. The van der Waals surface area contributed by atoms with Gasteiger partial charge in [0.25, 0.3) is 5.91 Å². The van der Waals surface area contributed by atoms with Crippen LogP contribution in [0, 0.1) is 0 Å². The van der Waals surface area contributed by atoms with E-state index in [1.54, 1.807) is 12.4 Å². The minimum Gasteiger partial charge on any atom is -0.394 e. The van der Waals surface area contributed by atoms with Crippen molar-refractivity contribution in [2.24, 2.45) is 0 Å². The Morgan fingerprint density at radius 1 is 1.43 bits per heavy atom. The second kappa shape index (κ2) is 6.38. The third-order valence-corrected chi connectivity index (χ3v) is 2.99. The van der Waals surface area contributed by atoms with Crippen molar-refractivity contribution in [3.05, 3.63) is 43.0 Å². The Balaban J connectivity index is 0.00000161. The van der Waals surface area contributed by atoms with Crippen LogP contribution in [0.5, 0.6) is 0 Å². The van der Waals surface area contributed by atoms with Gasteiger partial charge in [-0.25, -0.2) is 9.97 Å². The Morgan fingerprint density at radius 3 is 2.90 bits per heavy atom. The van der Waals surface area contributed by atoms with Crippen molar-refractivity contribution < 1.29 is 9.90 Å². The number of fused-ring (bicyclic) bond motifs is 1. The van der Waals surface area contributed by atoms with Crippen molar-refractivity contribution in [3.63, 3.8) is 0 Å². The summed E-state index contributed by atoms with van der Waals surface area (Å²) in [7, 11) is 0. The van der Waals surface area contributed by atoms with Crippen molar-refractivity contribution in [1.29, 1.82) is 0 Å². The normalized spacial score (nSPS) is 11.9. The highest BCUT2D eigenvalue weighted by Crippen LogP contribution is 2.15. The summed E-state index contributed by atoms with van der Waals surface area (Å²) in [6.07, 6.45) is 4.66. The van der Waals surface area contributed by atoms with E-state index in [1.165, 1.54) is 10.9 Å². The van der Waals surface area contributed by atoms with Crippen LogP contribution in [-0.4, -0.2) is 37.1 Å². The van der Waals surface area contributed by atoms with Crippen LogP contribution in [-0.2, 0) is 4.79 Å². The van der Waals surface area contributed by atoms with Crippen LogP contribution in [0.1, 0.15) is 6.04 Å². The molecule has 0 bridgehead atoms. The second-order valence-electron chi connectivity index (χ2n) is 4.30. The van der Waals surface area contributed by atoms with Gasteiger partial charge in [0.05, 0.1) is 24.0 Å². The highest BCUT2D eigenvalue weighted by molar-refractivity contribution is 5.93. The molecule has 3 N–H and O–H groups in total. The lowest BCUT2D eigenvalue weighted by Gasteiger charge is -2.14. The number of imidazole rings is 2. The number of aromatic nitrogens is 4. The number of amides is 1. The first-order chi connectivity index (χ1) is 9.78. The Labute approximate surface area is 126 Å². The van der Waals surface area contributed by atoms with Gasteiger partial charge in [-0.3, -0.25) is 10.1 Å². The monoisotopic (exact) mass is 307 g/mol. The zero-order valence-electron chi connectivity index (χ0n) is 10.9. The number of aliphatic hydroxyl groups is 1. The van der Waals surface area contributed by atoms with Crippen molar-refractivity contribution in [1.82, 2.24) is 19.5 Å². The number of nitrogens with zero attached hydrogens (tertiary/aromatic N) is 3. The van der Waals surface area contributed by atoms with Crippen LogP contribution in [0.4, 0.5) is 5.95 Å². The molecule has 110 valence electrons. The lowest BCUT2D eigenvalue weighted by Crippen LogP contribution is -2.28. The summed E-state index contributed by atoms with van der Waals surface area (Å²) in [5.74, 6) is -0.000628. The molecule has 3 aromatic rings. The molecule has 0 unspecified atom stereocenters. The van der Waals surface area contributed by atoms with Crippen molar-refractivity contribution >= 4 is 35.3 Å². The summed E-state index contributed by atoms with van der Waals surface area (Å²) in [5.41, 5.74) is 1.61. The van der Waals surface area contributed by atoms with Crippen molar-refractivity contribution in [2.45, 2.75) is 6.04 Å². The standard InChI is InChI=1S/C13H13N5O2.ClH/c19-7-11(18-6-5-14-8-18)12(20)17-13-15-9-3-1-2-4-10(9)16-13;/h1-6,8,11,19H,7H2,(H2,15,16,17,20);1H/t11-;/m0./s1. The fourth-order valence-electron chi connectivity index (χ4n) is 1.98. The van der Waals surface area contributed by atoms with Crippen LogP contribution >= 0.6 is 12.4 Å². The number of hydrogen-bond donors (Lipinski definition) is 3. The molecule has 2 aromatic heterocycles.